The molecule has 1 N–H and O–H groups in total. The van der Waals surface area contributed by atoms with Gasteiger partial charge in [-0.2, -0.15) is 0 Å². The van der Waals surface area contributed by atoms with Crippen LogP contribution in [0.3, 0.4) is 0 Å². The Morgan fingerprint density at radius 3 is 2.74 bits per heavy atom. The maximum atomic E-state index is 11.2. The molecule has 0 radical (unpaired) electrons. The Bertz CT molecular complexity index is 549. The number of thiazole rings is 1. The van der Waals surface area contributed by atoms with E-state index in [2.05, 4.69) is 10.3 Å². The van der Waals surface area contributed by atoms with Gasteiger partial charge in [-0.05, 0) is 24.3 Å². The third-order valence-electron chi connectivity index (χ3n) is 2.68. The molecule has 0 aliphatic carbocycles. The molecule has 0 bridgehead atoms. The van der Waals surface area contributed by atoms with Crippen molar-refractivity contribution in [3.8, 4) is 16.3 Å². The van der Waals surface area contributed by atoms with Gasteiger partial charge in [-0.15, -0.1) is 11.3 Å². The Hall–Kier alpha value is -1.88. The van der Waals surface area contributed by atoms with E-state index in [-0.39, 0.29) is 5.91 Å². The summed E-state index contributed by atoms with van der Waals surface area (Å²) in [5.74, 6) is 0.870. The lowest BCUT2D eigenvalue weighted by molar-refractivity contribution is -0.120. The highest BCUT2D eigenvalue weighted by Crippen LogP contribution is 2.25. The molecule has 4 nitrogen and oxygen atoms in total. The second-order valence-corrected chi connectivity index (χ2v) is 4.86. The molecule has 0 saturated carbocycles. The summed E-state index contributed by atoms with van der Waals surface area (Å²) in [6.45, 7) is 2.32. The quantitative estimate of drug-likeness (QED) is 0.913. The number of carbonyl (C=O) groups is 1. The summed E-state index contributed by atoms with van der Waals surface area (Å²) >= 11 is 1.57. The van der Waals surface area contributed by atoms with Crippen LogP contribution in [0, 0.1) is 0 Å². The molecule has 2 rings (SSSR count). The molecule has 5 heteroatoms. The number of hydrogen-bond donors (Lipinski definition) is 1. The van der Waals surface area contributed by atoms with Gasteiger partial charge in [0.15, 0.2) is 0 Å². The number of hydrogen-bond acceptors (Lipinski definition) is 4. The van der Waals surface area contributed by atoms with Gasteiger partial charge in [-0.3, -0.25) is 4.79 Å². The summed E-state index contributed by atoms with van der Waals surface area (Å²) in [4.78, 5) is 15.7. The van der Waals surface area contributed by atoms with Crippen molar-refractivity contribution in [2.75, 3.05) is 7.11 Å². The Balaban J connectivity index is 2.05. The zero-order chi connectivity index (χ0) is 13.7. The fourth-order valence-corrected chi connectivity index (χ4v) is 2.39. The van der Waals surface area contributed by atoms with Gasteiger partial charge in [0.2, 0.25) is 5.91 Å². The fourth-order valence-electron chi connectivity index (χ4n) is 1.57. The van der Waals surface area contributed by atoms with Crippen LogP contribution in [0.1, 0.15) is 19.0 Å². The molecular weight excluding hydrogens is 260 g/mol. The van der Waals surface area contributed by atoms with Crippen LogP contribution in [-0.2, 0) is 11.3 Å². The smallest absolute Gasteiger partial charge is 0.220 e. The van der Waals surface area contributed by atoms with Crippen LogP contribution < -0.4 is 10.1 Å². The number of methoxy groups -OCH3 is 1. The second-order valence-electron chi connectivity index (χ2n) is 4.00. The van der Waals surface area contributed by atoms with Crippen molar-refractivity contribution in [3.05, 3.63) is 35.3 Å². The van der Waals surface area contributed by atoms with Gasteiger partial charge in [-0.25, -0.2) is 4.98 Å². The molecule has 1 amide bonds. The first kappa shape index (κ1) is 13.5. The molecule has 2 aromatic rings. The van der Waals surface area contributed by atoms with Crippen molar-refractivity contribution in [2.24, 2.45) is 0 Å². The summed E-state index contributed by atoms with van der Waals surface area (Å²) in [6.07, 6.45) is 0.496. The molecule has 0 fully saturated rings. The number of carbonyl (C=O) groups excluding carboxylic acids is 1. The van der Waals surface area contributed by atoms with E-state index in [1.165, 1.54) is 0 Å². The Labute approximate surface area is 116 Å². The molecule has 1 aromatic carbocycles. The van der Waals surface area contributed by atoms with Crippen molar-refractivity contribution >= 4 is 17.2 Å². The normalized spacial score (nSPS) is 10.2. The summed E-state index contributed by atoms with van der Waals surface area (Å²) in [7, 11) is 1.65. The number of benzene rings is 1. The van der Waals surface area contributed by atoms with Crippen molar-refractivity contribution in [1.82, 2.24) is 10.3 Å². The Morgan fingerprint density at radius 2 is 2.11 bits per heavy atom. The summed E-state index contributed by atoms with van der Waals surface area (Å²) in [5.41, 5.74) is 1.94. The van der Waals surface area contributed by atoms with Gasteiger partial charge >= 0.3 is 0 Å². The van der Waals surface area contributed by atoms with Gasteiger partial charge in [-0.1, -0.05) is 6.92 Å². The lowest BCUT2D eigenvalue weighted by Crippen LogP contribution is -2.21. The second kappa shape index (κ2) is 6.33. The maximum absolute atomic E-state index is 11.2. The first-order valence-electron chi connectivity index (χ1n) is 6.08. The Morgan fingerprint density at radius 1 is 1.37 bits per heavy atom. The van der Waals surface area contributed by atoms with Crippen molar-refractivity contribution in [3.63, 3.8) is 0 Å². The average molecular weight is 276 g/mol. The predicted octanol–water partition coefficient (Wildman–Crippen LogP) is 2.84. The molecule has 1 aromatic heterocycles. The zero-order valence-corrected chi connectivity index (χ0v) is 11.8. The summed E-state index contributed by atoms with van der Waals surface area (Å²) in [5, 5.41) is 5.73. The highest BCUT2D eigenvalue weighted by Gasteiger charge is 2.06. The predicted molar refractivity (Wildman–Crippen MR) is 76.2 cm³/mol. The third kappa shape index (κ3) is 3.54. The first-order valence-corrected chi connectivity index (χ1v) is 6.96. The first-order chi connectivity index (χ1) is 9.22. The third-order valence-corrected chi connectivity index (χ3v) is 3.62. The highest BCUT2D eigenvalue weighted by molar-refractivity contribution is 7.13. The number of amides is 1. The van der Waals surface area contributed by atoms with E-state index in [0.717, 1.165) is 22.0 Å². The minimum Gasteiger partial charge on any atom is -0.497 e. The lowest BCUT2D eigenvalue weighted by Gasteiger charge is -2.01. The SMILES string of the molecule is CCC(=O)NCc1csc(-c2ccc(OC)cc2)n1. The van der Waals surface area contributed by atoms with Gasteiger partial charge in [0, 0.05) is 17.4 Å². The van der Waals surface area contributed by atoms with Crippen molar-refractivity contribution < 1.29 is 9.53 Å². The fraction of sp³-hybridized carbons (Fsp3) is 0.286. The highest BCUT2D eigenvalue weighted by atomic mass is 32.1. The van der Waals surface area contributed by atoms with Crippen LogP contribution in [-0.4, -0.2) is 18.0 Å². The van der Waals surface area contributed by atoms with Crippen LogP contribution in [0.5, 0.6) is 5.75 Å². The van der Waals surface area contributed by atoms with Crippen molar-refractivity contribution in [2.45, 2.75) is 19.9 Å². The van der Waals surface area contributed by atoms with Crippen LogP contribution >= 0.6 is 11.3 Å². The molecular formula is C14H16N2O2S. The number of nitrogens with one attached hydrogen (secondary N) is 1. The van der Waals surface area contributed by atoms with E-state index in [4.69, 9.17) is 4.74 Å². The molecule has 0 spiro atoms. The summed E-state index contributed by atoms with van der Waals surface area (Å²) < 4.78 is 5.12. The van der Waals surface area contributed by atoms with Crippen molar-refractivity contribution in [1.29, 1.82) is 0 Å². The van der Waals surface area contributed by atoms with E-state index in [0.29, 0.717) is 13.0 Å². The Kier molecular flexibility index (Phi) is 4.52. The molecule has 0 aliphatic heterocycles. The van der Waals surface area contributed by atoms with Crippen LogP contribution in [0.25, 0.3) is 10.6 Å². The average Bonchev–Trinajstić information content (AvgIpc) is 2.93. The van der Waals surface area contributed by atoms with Gasteiger partial charge < -0.3 is 10.1 Å². The van der Waals surface area contributed by atoms with E-state index in [1.807, 2.05) is 36.6 Å². The summed E-state index contributed by atoms with van der Waals surface area (Å²) in [6, 6.07) is 7.78. The lowest BCUT2D eigenvalue weighted by atomic mass is 10.2. The number of nitrogens with zero attached hydrogens (tertiary/aromatic N) is 1. The largest absolute Gasteiger partial charge is 0.497 e. The molecule has 0 atom stereocenters. The minimum absolute atomic E-state index is 0.0407. The molecule has 19 heavy (non-hydrogen) atoms. The van der Waals surface area contributed by atoms with E-state index >= 15 is 0 Å². The monoisotopic (exact) mass is 276 g/mol. The molecule has 0 unspecified atom stereocenters. The van der Waals surface area contributed by atoms with E-state index in [1.54, 1.807) is 18.4 Å². The number of rotatable bonds is 5. The topological polar surface area (TPSA) is 51.2 Å². The molecule has 0 aliphatic rings. The van der Waals surface area contributed by atoms with Crippen LogP contribution in [0.4, 0.5) is 0 Å². The van der Waals surface area contributed by atoms with Gasteiger partial charge in [0.1, 0.15) is 10.8 Å². The van der Waals surface area contributed by atoms with E-state index < -0.39 is 0 Å². The van der Waals surface area contributed by atoms with Gasteiger partial charge in [0.25, 0.3) is 0 Å². The molecule has 100 valence electrons. The standard InChI is InChI=1S/C14H16N2O2S/c1-3-13(17)15-8-11-9-19-14(16-11)10-4-6-12(18-2)7-5-10/h4-7,9H,3,8H2,1-2H3,(H,15,17). The molecule has 1 heterocycles. The van der Waals surface area contributed by atoms with Gasteiger partial charge in [0.05, 0.1) is 19.3 Å². The molecule has 0 saturated heterocycles. The number of ether oxygens (including phenoxy) is 1. The van der Waals surface area contributed by atoms with Crippen LogP contribution in [0.2, 0.25) is 0 Å². The minimum atomic E-state index is 0.0407. The number of aromatic nitrogens is 1. The van der Waals surface area contributed by atoms with Crippen LogP contribution in [0.15, 0.2) is 29.6 Å². The van der Waals surface area contributed by atoms with E-state index in [9.17, 15) is 4.79 Å². The maximum Gasteiger partial charge on any atom is 0.220 e. The zero-order valence-electron chi connectivity index (χ0n) is 11.0.